The number of pyridine rings is 1. The van der Waals surface area contributed by atoms with E-state index in [0.717, 1.165) is 10.7 Å². The highest BCUT2D eigenvalue weighted by molar-refractivity contribution is 7.94. The Balaban J connectivity index is 1.65. The highest BCUT2D eigenvalue weighted by Crippen LogP contribution is 2.24. The summed E-state index contributed by atoms with van der Waals surface area (Å²) in [6, 6.07) is 7.47. The molecule has 2 N–H and O–H groups in total. The lowest BCUT2D eigenvalue weighted by Gasteiger charge is -2.23. The fraction of sp³-hybridized carbons (Fsp3) is 0.438. The zero-order chi connectivity index (χ0) is 16.3. The minimum Gasteiger partial charge on any atom is -0.367 e. The predicted octanol–water partition coefficient (Wildman–Crippen LogP) is 4.00. The zero-order valence-electron chi connectivity index (χ0n) is 13.1. The van der Waals surface area contributed by atoms with E-state index in [0.29, 0.717) is 15.9 Å². The van der Waals surface area contributed by atoms with Crippen molar-refractivity contribution in [1.82, 2.24) is 4.98 Å². The number of hydrogen-bond acceptors (Lipinski definition) is 5. The maximum absolute atomic E-state index is 12.3. The molecule has 0 radical (unpaired) electrons. The lowest BCUT2D eigenvalue weighted by molar-refractivity contribution is 0.462. The number of hydrogen-bond donors (Lipinski definition) is 2. The number of anilines is 2. The Bertz CT molecular complexity index is 748. The lowest BCUT2D eigenvalue weighted by atomic mass is 9.95. The molecule has 5 nitrogen and oxygen atoms in total. The van der Waals surface area contributed by atoms with Gasteiger partial charge < -0.3 is 5.32 Å². The molecule has 1 aliphatic rings. The van der Waals surface area contributed by atoms with Gasteiger partial charge in [-0.3, -0.25) is 4.72 Å². The van der Waals surface area contributed by atoms with E-state index in [1.54, 1.807) is 24.4 Å². The van der Waals surface area contributed by atoms with Crippen LogP contribution in [0, 0.1) is 6.92 Å². The second-order valence-electron chi connectivity index (χ2n) is 5.88. The van der Waals surface area contributed by atoms with Gasteiger partial charge in [-0.1, -0.05) is 19.3 Å². The van der Waals surface area contributed by atoms with E-state index in [1.165, 1.54) is 43.4 Å². The first-order chi connectivity index (χ1) is 11.0. The van der Waals surface area contributed by atoms with Crippen LogP contribution in [0.15, 0.2) is 34.7 Å². The fourth-order valence-corrected chi connectivity index (χ4v) is 5.08. The van der Waals surface area contributed by atoms with E-state index in [-0.39, 0.29) is 0 Å². The molecule has 0 aliphatic heterocycles. The Labute approximate surface area is 141 Å². The highest BCUT2D eigenvalue weighted by Gasteiger charge is 2.17. The molecular formula is C16H21N3O2S2. The first-order valence-electron chi connectivity index (χ1n) is 7.85. The molecule has 0 spiro atoms. The molecule has 0 bridgehead atoms. The molecule has 7 heteroatoms. The lowest BCUT2D eigenvalue weighted by Crippen LogP contribution is -2.22. The van der Waals surface area contributed by atoms with Crippen molar-refractivity contribution in [2.75, 3.05) is 10.0 Å². The van der Waals surface area contributed by atoms with Gasteiger partial charge in [0.1, 0.15) is 10.0 Å². The molecular weight excluding hydrogens is 330 g/mol. The van der Waals surface area contributed by atoms with Crippen molar-refractivity contribution in [3.63, 3.8) is 0 Å². The molecule has 0 saturated heterocycles. The summed E-state index contributed by atoms with van der Waals surface area (Å²) in [5.41, 5.74) is 0.477. The van der Waals surface area contributed by atoms with Crippen LogP contribution in [0.4, 0.5) is 11.5 Å². The van der Waals surface area contributed by atoms with Crippen molar-refractivity contribution in [2.45, 2.75) is 49.3 Å². The topological polar surface area (TPSA) is 71.1 Å². The summed E-state index contributed by atoms with van der Waals surface area (Å²) in [6.45, 7) is 1.89. The van der Waals surface area contributed by atoms with E-state index in [9.17, 15) is 8.42 Å². The van der Waals surface area contributed by atoms with Gasteiger partial charge in [0.2, 0.25) is 0 Å². The third kappa shape index (κ3) is 4.23. The molecule has 1 saturated carbocycles. The Morgan fingerprint density at radius 1 is 1.13 bits per heavy atom. The predicted molar refractivity (Wildman–Crippen MR) is 94.6 cm³/mol. The van der Waals surface area contributed by atoms with Crippen LogP contribution >= 0.6 is 11.3 Å². The summed E-state index contributed by atoms with van der Waals surface area (Å²) >= 11 is 1.26. The van der Waals surface area contributed by atoms with Gasteiger partial charge in [0, 0.05) is 10.9 Å². The standard InChI is InChI=1S/C16H21N3O2S2/c1-12-7-10-16(22-12)23(20,21)19-14-8-9-15(17-11-14)18-13-5-3-2-4-6-13/h7-11,13,19H,2-6H2,1H3,(H,17,18). The van der Waals surface area contributed by atoms with E-state index in [2.05, 4.69) is 15.0 Å². The minimum absolute atomic E-state index is 0.319. The number of thiophene rings is 1. The molecule has 0 unspecified atom stereocenters. The van der Waals surface area contributed by atoms with Crippen LogP contribution in [0.5, 0.6) is 0 Å². The summed E-state index contributed by atoms with van der Waals surface area (Å²) in [4.78, 5) is 5.29. The van der Waals surface area contributed by atoms with Gasteiger partial charge in [-0.25, -0.2) is 13.4 Å². The molecule has 1 fully saturated rings. The smallest absolute Gasteiger partial charge is 0.271 e. The molecule has 0 amide bonds. The van der Waals surface area contributed by atoms with Gasteiger partial charge in [-0.15, -0.1) is 11.3 Å². The number of nitrogens with zero attached hydrogens (tertiary/aromatic N) is 1. The average Bonchev–Trinajstić information content (AvgIpc) is 2.98. The van der Waals surface area contributed by atoms with Crippen molar-refractivity contribution in [3.8, 4) is 0 Å². The first kappa shape index (κ1) is 16.3. The second kappa shape index (κ2) is 6.88. The van der Waals surface area contributed by atoms with E-state index in [4.69, 9.17) is 0 Å². The van der Waals surface area contributed by atoms with Gasteiger partial charge in [0.25, 0.3) is 10.0 Å². The molecule has 0 atom stereocenters. The second-order valence-corrected chi connectivity index (χ2v) is 9.08. The number of sulfonamides is 1. The average molecular weight is 351 g/mol. The van der Waals surface area contributed by atoms with Gasteiger partial charge in [0.15, 0.2) is 0 Å². The number of aryl methyl sites for hydroxylation is 1. The van der Waals surface area contributed by atoms with Crippen LogP contribution in [0.25, 0.3) is 0 Å². The van der Waals surface area contributed by atoms with Crippen molar-refractivity contribution in [3.05, 3.63) is 35.3 Å². The maximum atomic E-state index is 12.3. The van der Waals surface area contributed by atoms with Gasteiger partial charge in [0.05, 0.1) is 11.9 Å². The van der Waals surface area contributed by atoms with E-state index in [1.807, 2.05) is 13.0 Å². The SMILES string of the molecule is Cc1ccc(S(=O)(=O)Nc2ccc(NC3CCCCC3)nc2)s1. The van der Waals surface area contributed by atoms with Crippen LogP contribution in [0.2, 0.25) is 0 Å². The summed E-state index contributed by atoms with van der Waals surface area (Å²) in [7, 11) is -3.52. The number of aromatic nitrogens is 1. The van der Waals surface area contributed by atoms with Crippen molar-refractivity contribution < 1.29 is 8.42 Å². The minimum atomic E-state index is -3.52. The van der Waals surface area contributed by atoms with Crippen LogP contribution in [-0.2, 0) is 10.0 Å². The molecule has 3 rings (SSSR count). The summed E-state index contributed by atoms with van der Waals surface area (Å²) in [5.74, 6) is 0.798. The van der Waals surface area contributed by atoms with Crippen LogP contribution in [-0.4, -0.2) is 19.4 Å². The summed E-state index contributed by atoms with van der Waals surface area (Å²) in [6.07, 6.45) is 7.74. The molecule has 1 aliphatic carbocycles. The maximum Gasteiger partial charge on any atom is 0.271 e. The van der Waals surface area contributed by atoms with Crippen LogP contribution < -0.4 is 10.0 Å². The monoisotopic (exact) mass is 351 g/mol. The van der Waals surface area contributed by atoms with Gasteiger partial charge in [-0.2, -0.15) is 0 Å². The van der Waals surface area contributed by atoms with Crippen LogP contribution in [0.3, 0.4) is 0 Å². The first-order valence-corrected chi connectivity index (χ1v) is 10.1. The Morgan fingerprint density at radius 3 is 2.52 bits per heavy atom. The molecule has 2 heterocycles. The third-order valence-electron chi connectivity index (χ3n) is 3.95. The van der Waals surface area contributed by atoms with Crippen molar-refractivity contribution in [2.24, 2.45) is 0 Å². The van der Waals surface area contributed by atoms with Crippen molar-refractivity contribution >= 4 is 32.9 Å². The Morgan fingerprint density at radius 2 is 1.91 bits per heavy atom. The summed E-state index contributed by atoms with van der Waals surface area (Å²) < 4.78 is 27.4. The normalized spacial score (nSPS) is 16.2. The number of nitrogens with one attached hydrogen (secondary N) is 2. The highest BCUT2D eigenvalue weighted by atomic mass is 32.2. The van der Waals surface area contributed by atoms with E-state index >= 15 is 0 Å². The molecule has 0 aromatic carbocycles. The summed E-state index contributed by atoms with van der Waals surface area (Å²) in [5, 5.41) is 3.42. The quantitative estimate of drug-likeness (QED) is 0.854. The van der Waals surface area contributed by atoms with Gasteiger partial charge >= 0.3 is 0 Å². The largest absolute Gasteiger partial charge is 0.367 e. The number of rotatable bonds is 5. The van der Waals surface area contributed by atoms with Crippen molar-refractivity contribution in [1.29, 1.82) is 0 Å². The third-order valence-corrected chi connectivity index (χ3v) is 6.83. The van der Waals surface area contributed by atoms with Gasteiger partial charge in [-0.05, 0) is 44.0 Å². The van der Waals surface area contributed by atoms with Crippen LogP contribution in [0.1, 0.15) is 37.0 Å². The molecule has 124 valence electrons. The van der Waals surface area contributed by atoms with E-state index < -0.39 is 10.0 Å². The molecule has 2 aromatic heterocycles. The Hall–Kier alpha value is -1.60. The fourth-order valence-electron chi connectivity index (χ4n) is 2.76. The Kier molecular flexibility index (Phi) is 4.87. The molecule has 23 heavy (non-hydrogen) atoms. The molecule has 2 aromatic rings. The zero-order valence-corrected chi connectivity index (χ0v) is 14.7.